The largest absolute Gasteiger partial charge is 0.366 e. The van der Waals surface area contributed by atoms with Crippen molar-refractivity contribution in [2.45, 2.75) is 0 Å². The average Bonchev–Trinajstić information content (AvgIpc) is 2.30. The molecule has 1 aromatic carbocycles. The van der Waals surface area contributed by atoms with Crippen LogP contribution in [-0.2, 0) is 0 Å². The molecule has 0 fully saturated rings. The molecule has 2 N–H and O–H groups in total. The molecule has 0 atom stereocenters. The molecule has 1 aromatic heterocycles. The van der Waals surface area contributed by atoms with Crippen molar-refractivity contribution >= 4 is 18.3 Å². The molecule has 0 saturated heterocycles. The van der Waals surface area contributed by atoms with E-state index in [-0.39, 0.29) is 12.4 Å². The standard InChI is InChI=1S/C12H10N2O.ClH/c13-12(15)10-4-1-3-9(7-10)11-5-2-6-14-8-11;/h1-8H,(H2,13,15);1H. The molecule has 82 valence electrons. The van der Waals surface area contributed by atoms with Crippen LogP contribution < -0.4 is 5.73 Å². The zero-order valence-corrected chi connectivity index (χ0v) is 9.28. The molecule has 4 heteroatoms. The zero-order valence-electron chi connectivity index (χ0n) is 8.46. The Morgan fingerprint density at radius 2 is 1.88 bits per heavy atom. The molecule has 2 rings (SSSR count). The summed E-state index contributed by atoms with van der Waals surface area (Å²) in [4.78, 5) is 15.0. The van der Waals surface area contributed by atoms with Gasteiger partial charge in [-0.1, -0.05) is 18.2 Å². The number of carbonyl (C=O) groups is 1. The Labute approximate surface area is 99.7 Å². The molecule has 16 heavy (non-hydrogen) atoms. The Kier molecular flexibility index (Phi) is 4.03. The van der Waals surface area contributed by atoms with Gasteiger partial charge in [-0.2, -0.15) is 0 Å². The molecule has 0 aliphatic carbocycles. The summed E-state index contributed by atoms with van der Waals surface area (Å²) in [5.41, 5.74) is 7.63. The minimum atomic E-state index is -0.416. The van der Waals surface area contributed by atoms with E-state index < -0.39 is 5.91 Å². The first-order chi connectivity index (χ1) is 7.27. The van der Waals surface area contributed by atoms with Crippen molar-refractivity contribution in [1.82, 2.24) is 4.98 Å². The van der Waals surface area contributed by atoms with E-state index in [1.54, 1.807) is 24.5 Å². The van der Waals surface area contributed by atoms with Gasteiger partial charge in [-0.15, -0.1) is 12.4 Å². The molecular formula is C12H11ClN2O. The van der Waals surface area contributed by atoms with Gasteiger partial charge >= 0.3 is 0 Å². The van der Waals surface area contributed by atoms with Crippen LogP contribution in [0.2, 0.25) is 0 Å². The molecule has 0 aliphatic rings. The lowest BCUT2D eigenvalue weighted by atomic mass is 10.0. The number of primary amides is 1. The minimum absolute atomic E-state index is 0. The van der Waals surface area contributed by atoms with Gasteiger partial charge in [0.1, 0.15) is 0 Å². The maximum absolute atomic E-state index is 11.0. The van der Waals surface area contributed by atoms with Crippen molar-refractivity contribution in [1.29, 1.82) is 0 Å². The maximum atomic E-state index is 11.0. The predicted octanol–water partition coefficient (Wildman–Crippen LogP) is 2.27. The highest BCUT2D eigenvalue weighted by molar-refractivity contribution is 5.94. The summed E-state index contributed by atoms with van der Waals surface area (Å²) in [5.74, 6) is -0.416. The summed E-state index contributed by atoms with van der Waals surface area (Å²) in [5, 5.41) is 0. The van der Waals surface area contributed by atoms with E-state index in [1.807, 2.05) is 24.3 Å². The number of hydrogen-bond donors (Lipinski definition) is 1. The van der Waals surface area contributed by atoms with Gasteiger partial charge in [0.15, 0.2) is 0 Å². The van der Waals surface area contributed by atoms with Gasteiger partial charge in [-0.25, -0.2) is 0 Å². The number of halogens is 1. The van der Waals surface area contributed by atoms with Gasteiger partial charge < -0.3 is 5.73 Å². The van der Waals surface area contributed by atoms with Crippen molar-refractivity contribution in [3.8, 4) is 11.1 Å². The molecule has 2 aromatic rings. The highest BCUT2D eigenvalue weighted by Gasteiger charge is 2.02. The van der Waals surface area contributed by atoms with E-state index in [9.17, 15) is 4.79 Å². The van der Waals surface area contributed by atoms with Crippen molar-refractivity contribution in [2.24, 2.45) is 5.73 Å². The predicted molar refractivity (Wildman–Crippen MR) is 65.4 cm³/mol. The van der Waals surface area contributed by atoms with Crippen molar-refractivity contribution in [3.05, 3.63) is 54.4 Å². The first-order valence-electron chi connectivity index (χ1n) is 4.57. The summed E-state index contributed by atoms with van der Waals surface area (Å²) < 4.78 is 0. The second kappa shape index (κ2) is 5.28. The smallest absolute Gasteiger partial charge is 0.248 e. The lowest BCUT2D eigenvalue weighted by Crippen LogP contribution is -2.10. The summed E-state index contributed by atoms with van der Waals surface area (Å²) in [6.07, 6.45) is 3.46. The minimum Gasteiger partial charge on any atom is -0.366 e. The molecule has 0 unspecified atom stereocenters. The van der Waals surface area contributed by atoms with Crippen LogP contribution in [0.15, 0.2) is 48.8 Å². The number of benzene rings is 1. The molecule has 0 aliphatic heterocycles. The third-order valence-electron chi connectivity index (χ3n) is 2.14. The summed E-state index contributed by atoms with van der Waals surface area (Å²) in [6, 6.07) is 11.0. The third-order valence-corrected chi connectivity index (χ3v) is 2.14. The van der Waals surface area contributed by atoms with E-state index in [0.29, 0.717) is 5.56 Å². The number of nitrogens with zero attached hydrogens (tertiary/aromatic N) is 1. The molecule has 0 saturated carbocycles. The monoisotopic (exact) mass is 234 g/mol. The number of rotatable bonds is 2. The molecule has 3 nitrogen and oxygen atoms in total. The Balaban J connectivity index is 0.00000128. The van der Waals surface area contributed by atoms with Gasteiger partial charge in [0, 0.05) is 23.5 Å². The third kappa shape index (κ3) is 2.58. The first kappa shape index (κ1) is 12.2. The van der Waals surface area contributed by atoms with Gasteiger partial charge in [-0.3, -0.25) is 9.78 Å². The van der Waals surface area contributed by atoms with Crippen LogP contribution in [0.5, 0.6) is 0 Å². The van der Waals surface area contributed by atoms with Crippen LogP contribution in [-0.4, -0.2) is 10.9 Å². The van der Waals surface area contributed by atoms with Crippen LogP contribution in [0.4, 0.5) is 0 Å². The Hall–Kier alpha value is -1.87. The highest BCUT2D eigenvalue weighted by atomic mass is 35.5. The van der Waals surface area contributed by atoms with E-state index in [0.717, 1.165) is 11.1 Å². The Morgan fingerprint density at radius 3 is 2.50 bits per heavy atom. The Morgan fingerprint density at radius 1 is 1.12 bits per heavy atom. The second-order valence-corrected chi connectivity index (χ2v) is 3.19. The van der Waals surface area contributed by atoms with Gasteiger partial charge in [0.05, 0.1) is 0 Å². The SMILES string of the molecule is Cl.NC(=O)c1cccc(-c2cccnc2)c1. The molecule has 0 radical (unpaired) electrons. The molecule has 1 amide bonds. The van der Waals surface area contributed by atoms with E-state index in [2.05, 4.69) is 4.98 Å². The van der Waals surface area contributed by atoms with Crippen LogP contribution in [0.1, 0.15) is 10.4 Å². The highest BCUT2D eigenvalue weighted by Crippen LogP contribution is 2.18. The average molecular weight is 235 g/mol. The number of aromatic nitrogens is 1. The zero-order chi connectivity index (χ0) is 10.7. The van der Waals surface area contributed by atoms with E-state index in [1.165, 1.54) is 0 Å². The number of carbonyl (C=O) groups excluding carboxylic acids is 1. The van der Waals surface area contributed by atoms with E-state index >= 15 is 0 Å². The molecular weight excluding hydrogens is 224 g/mol. The lowest BCUT2D eigenvalue weighted by molar-refractivity contribution is 0.100. The van der Waals surface area contributed by atoms with Crippen LogP contribution in [0.25, 0.3) is 11.1 Å². The van der Waals surface area contributed by atoms with Crippen LogP contribution >= 0.6 is 12.4 Å². The lowest BCUT2D eigenvalue weighted by Gasteiger charge is -2.02. The number of hydrogen-bond acceptors (Lipinski definition) is 2. The summed E-state index contributed by atoms with van der Waals surface area (Å²) >= 11 is 0. The normalized spacial score (nSPS) is 9.25. The topological polar surface area (TPSA) is 56.0 Å². The quantitative estimate of drug-likeness (QED) is 0.867. The van der Waals surface area contributed by atoms with Gasteiger partial charge in [0.2, 0.25) is 5.91 Å². The summed E-state index contributed by atoms with van der Waals surface area (Å²) in [7, 11) is 0. The van der Waals surface area contributed by atoms with Crippen LogP contribution in [0.3, 0.4) is 0 Å². The fraction of sp³-hybridized carbons (Fsp3) is 0. The second-order valence-electron chi connectivity index (χ2n) is 3.19. The first-order valence-corrected chi connectivity index (χ1v) is 4.57. The van der Waals surface area contributed by atoms with Crippen LogP contribution in [0, 0.1) is 0 Å². The molecule has 0 bridgehead atoms. The van der Waals surface area contributed by atoms with Crippen molar-refractivity contribution in [3.63, 3.8) is 0 Å². The van der Waals surface area contributed by atoms with E-state index in [4.69, 9.17) is 5.73 Å². The molecule has 1 heterocycles. The van der Waals surface area contributed by atoms with Crippen molar-refractivity contribution < 1.29 is 4.79 Å². The van der Waals surface area contributed by atoms with Gasteiger partial charge in [-0.05, 0) is 23.8 Å². The number of pyridine rings is 1. The van der Waals surface area contributed by atoms with Gasteiger partial charge in [0.25, 0.3) is 0 Å². The maximum Gasteiger partial charge on any atom is 0.248 e. The fourth-order valence-electron chi connectivity index (χ4n) is 1.39. The number of nitrogens with two attached hydrogens (primary N) is 1. The molecule has 0 spiro atoms. The fourth-order valence-corrected chi connectivity index (χ4v) is 1.39. The van der Waals surface area contributed by atoms with Crippen molar-refractivity contribution in [2.75, 3.05) is 0 Å². The number of amides is 1. The summed E-state index contributed by atoms with van der Waals surface area (Å²) in [6.45, 7) is 0. The Bertz CT molecular complexity index is 485.